The summed E-state index contributed by atoms with van der Waals surface area (Å²) in [6, 6.07) is 5.66. The van der Waals surface area contributed by atoms with Gasteiger partial charge in [-0.3, -0.25) is 4.79 Å². The number of halogens is 2. The highest BCUT2D eigenvalue weighted by atomic mass is 35.5. The zero-order valence-electron chi connectivity index (χ0n) is 14.1. The monoisotopic (exact) mass is 398 g/mol. The van der Waals surface area contributed by atoms with E-state index >= 15 is 0 Å². The Morgan fingerprint density at radius 1 is 1.00 bits per heavy atom. The summed E-state index contributed by atoms with van der Waals surface area (Å²) >= 11 is 11.8. The van der Waals surface area contributed by atoms with Gasteiger partial charge in [0.1, 0.15) is 12.2 Å². The molecule has 1 aromatic heterocycles. The van der Waals surface area contributed by atoms with Gasteiger partial charge in [0, 0.05) is 11.6 Å². The second kappa shape index (κ2) is 8.82. The number of ether oxygens (including phenoxy) is 2. The molecule has 2 aromatic rings. The molecule has 0 amide bonds. The first-order chi connectivity index (χ1) is 12.4. The molecule has 0 saturated carbocycles. The van der Waals surface area contributed by atoms with E-state index in [-0.39, 0.29) is 42.0 Å². The minimum absolute atomic E-state index is 0.0247. The van der Waals surface area contributed by atoms with Crippen LogP contribution < -0.4 is 0 Å². The Bertz CT molecular complexity index is 848. The molecule has 0 N–H and O–H groups in total. The van der Waals surface area contributed by atoms with Gasteiger partial charge in [0.25, 0.3) is 0 Å². The average Bonchev–Trinajstić information content (AvgIpc) is 3.01. The Hall–Kier alpha value is -2.38. The Balaban J connectivity index is 2.33. The number of benzene rings is 1. The third-order valence-electron chi connectivity index (χ3n) is 3.28. The maximum Gasteiger partial charge on any atom is 0.358 e. The SMILES string of the molecule is CCOC(=O)c1cc(C(=O)OCC)n(CC(=O)c2ccc(Cl)c(Cl)c2)n1. The molecule has 0 saturated heterocycles. The summed E-state index contributed by atoms with van der Waals surface area (Å²) in [6.45, 7) is 3.30. The fourth-order valence-electron chi connectivity index (χ4n) is 2.11. The molecule has 0 radical (unpaired) electrons. The summed E-state index contributed by atoms with van der Waals surface area (Å²) in [4.78, 5) is 36.4. The fraction of sp³-hybridized carbons (Fsp3) is 0.294. The summed E-state index contributed by atoms with van der Waals surface area (Å²) < 4.78 is 10.9. The van der Waals surface area contributed by atoms with Gasteiger partial charge in [-0.15, -0.1) is 0 Å². The van der Waals surface area contributed by atoms with Crippen molar-refractivity contribution < 1.29 is 23.9 Å². The van der Waals surface area contributed by atoms with Crippen molar-refractivity contribution in [2.45, 2.75) is 20.4 Å². The van der Waals surface area contributed by atoms with Gasteiger partial charge >= 0.3 is 11.9 Å². The Labute approximate surface area is 159 Å². The van der Waals surface area contributed by atoms with Crippen molar-refractivity contribution >= 4 is 40.9 Å². The summed E-state index contributed by atoms with van der Waals surface area (Å²) in [5.41, 5.74) is 0.183. The number of carbonyl (C=O) groups is 3. The quantitative estimate of drug-likeness (QED) is 0.524. The lowest BCUT2D eigenvalue weighted by Gasteiger charge is -2.07. The standard InChI is InChI=1S/C17H16Cl2N2O5/c1-3-25-16(23)13-8-14(17(24)26-4-2)21(20-13)9-15(22)10-5-6-11(18)12(19)7-10/h5-8H,3-4,9H2,1-2H3. The Morgan fingerprint density at radius 2 is 1.65 bits per heavy atom. The molecule has 0 atom stereocenters. The Kier molecular flexibility index (Phi) is 6.76. The fourth-order valence-corrected chi connectivity index (χ4v) is 2.41. The average molecular weight is 399 g/mol. The molecule has 0 fully saturated rings. The number of rotatable bonds is 7. The number of ketones is 1. The van der Waals surface area contributed by atoms with E-state index in [9.17, 15) is 14.4 Å². The number of carbonyl (C=O) groups excluding carboxylic acids is 3. The molecule has 0 aliphatic carbocycles. The maximum absolute atomic E-state index is 12.5. The minimum Gasteiger partial charge on any atom is -0.461 e. The van der Waals surface area contributed by atoms with Gasteiger partial charge in [-0.1, -0.05) is 23.2 Å². The topological polar surface area (TPSA) is 87.5 Å². The number of nitrogens with zero attached hydrogens (tertiary/aromatic N) is 2. The van der Waals surface area contributed by atoms with Gasteiger partial charge in [-0.05, 0) is 32.0 Å². The van der Waals surface area contributed by atoms with Crippen LogP contribution in [0.4, 0.5) is 0 Å². The summed E-state index contributed by atoms with van der Waals surface area (Å²) in [6.07, 6.45) is 0. The molecule has 26 heavy (non-hydrogen) atoms. The van der Waals surface area contributed by atoms with E-state index < -0.39 is 11.9 Å². The van der Waals surface area contributed by atoms with E-state index in [0.29, 0.717) is 10.6 Å². The number of hydrogen-bond donors (Lipinski definition) is 0. The van der Waals surface area contributed by atoms with Crippen LogP contribution in [0.2, 0.25) is 10.0 Å². The highest BCUT2D eigenvalue weighted by Crippen LogP contribution is 2.23. The number of aromatic nitrogens is 2. The van der Waals surface area contributed by atoms with Gasteiger partial charge in [-0.25, -0.2) is 14.3 Å². The second-order valence-corrected chi connectivity index (χ2v) is 5.88. The molecule has 2 rings (SSSR count). The molecule has 0 spiro atoms. The number of Topliss-reactive ketones (excluding diaryl/α,β-unsaturated/α-hetero) is 1. The zero-order valence-corrected chi connectivity index (χ0v) is 15.6. The van der Waals surface area contributed by atoms with Crippen LogP contribution in [-0.4, -0.2) is 40.7 Å². The van der Waals surface area contributed by atoms with Crippen molar-refractivity contribution in [1.29, 1.82) is 0 Å². The van der Waals surface area contributed by atoms with E-state index in [2.05, 4.69) is 5.10 Å². The van der Waals surface area contributed by atoms with Crippen LogP contribution in [0.1, 0.15) is 45.2 Å². The van der Waals surface area contributed by atoms with E-state index in [1.807, 2.05) is 0 Å². The molecule has 0 bridgehead atoms. The number of hydrogen-bond acceptors (Lipinski definition) is 6. The predicted molar refractivity (Wildman–Crippen MR) is 94.9 cm³/mol. The highest BCUT2D eigenvalue weighted by molar-refractivity contribution is 6.42. The summed E-state index contributed by atoms with van der Waals surface area (Å²) in [5.74, 6) is -1.76. The Morgan fingerprint density at radius 3 is 2.27 bits per heavy atom. The normalized spacial score (nSPS) is 10.5. The first kappa shape index (κ1) is 19.9. The van der Waals surface area contributed by atoms with Crippen molar-refractivity contribution in [3.63, 3.8) is 0 Å². The lowest BCUT2D eigenvalue weighted by molar-refractivity contribution is 0.0505. The van der Waals surface area contributed by atoms with E-state index in [1.54, 1.807) is 13.8 Å². The first-order valence-electron chi connectivity index (χ1n) is 7.77. The summed E-state index contributed by atoms with van der Waals surface area (Å²) in [7, 11) is 0. The van der Waals surface area contributed by atoms with Gasteiger partial charge in [0.05, 0.1) is 23.3 Å². The van der Waals surface area contributed by atoms with Crippen molar-refractivity contribution in [2.75, 3.05) is 13.2 Å². The number of esters is 2. The maximum atomic E-state index is 12.5. The predicted octanol–water partition coefficient (Wildman–Crippen LogP) is 3.43. The van der Waals surface area contributed by atoms with Crippen LogP contribution >= 0.6 is 23.2 Å². The van der Waals surface area contributed by atoms with Crippen molar-refractivity contribution in [3.8, 4) is 0 Å². The third-order valence-corrected chi connectivity index (χ3v) is 4.02. The van der Waals surface area contributed by atoms with Crippen LogP contribution in [0.15, 0.2) is 24.3 Å². The largest absolute Gasteiger partial charge is 0.461 e. The lowest BCUT2D eigenvalue weighted by atomic mass is 10.1. The lowest BCUT2D eigenvalue weighted by Crippen LogP contribution is -2.18. The molecular weight excluding hydrogens is 383 g/mol. The summed E-state index contributed by atoms with van der Waals surface area (Å²) in [5, 5.41) is 4.55. The smallest absolute Gasteiger partial charge is 0.358 e. The molecule has 7 nitrogen and oxygen atoms in total. The molecule has 1 aromatic carbocycles. The van der Waals surface area contributed by atoms with E-state index in [1.165, 1.54) is 24.3 Å². The molecule has 9 heteroatoms. The van der Waals surface area contributed by atoms with Crippen LogP contribution in [0.5, 0.6) is 0 Å². The van der Waals surface area contributed by atoms with E-state index in [0.717, 1.165) is 4.68 Å². The van der Waals surface area contributed by atoms with Crippen molar-refractivity contribution in [3.05, 3.63) is 51.3 Å². The van der Waals surface area contributed by atoms with Gasteiger partial charge < -0.3 is 9.47 Å². The minimum atomic E-state index is -0.697. The van der Waals surface area contributed by atoms with Crippen LogP contribution in [0, 0.1) is 0 Å². The first-order valence-corrected chi connectivity index (χ1v) is 8.53. The van der Waals surface area contributed by atoms with Crippen molar-refractivity contribution in [1.82, 2.24) is 9.78 Å². The second-order valence-electron chi connectivity index (χ2n) is 5.07. The van der Waals surface area contributed by atoms with Gasteiger partial charge in [-0.2, -0.15) is 5.10 Å². The highest BCUT2D eigenvalue weighted by Gasteiger charge is 2.22. The van der Waals surface area contributed by atoms with Crippen LogP contribution in [0.25, 0.3) is 0 Å². The van der Waals surface area contributed by atoms with Crippen LogP contribution in [-0.2, 0) is 16.0 Å². The molecule has 0 unspecified atom stereocenters. The molecule has 0 aliphatic heterocycles. The van der Waals surface area contributed by atoms with E-state index in [4.69, 9.17) is 32.7 Å². The third kappa shape index (κ3) is 4.62. The molecule has 0 aliphatic rings. The molecule has 138 valence electrons. The van der Waals surface area contributed by atoms with Crippen LogP contribution in [0.3, 0.4) is 0 Å². The molecular formula is C17H16Cl2N2O5. The molecule has 1 heterocycles. The zero-order chi connectivity index (χ0) is 19.3. The van der Waals surface area contributed by atoms with Crippen molar-refractivity contribution in [2.24, 2.45) is 0 Å². The van der Waals surface area contributed by atoms with Gasteiger partial charge in [0.15, 0.2) is 11.5 Å². The van der Waals surface area contributed by atoms with Gasteiger partial charge in [0.2, 0.25) is 0 Å².